The first kappa shape index (κ1) is 20.4. The molecule has 0 bridgehead atoms. The quantitative estimate of drug-likeness (QED) is 0.358. The molecule has 2 aromatic rings. The lowest BCUT2D eigenvalue weighted by atomic mass is 9.93. The average Bonchev–Trinajstić information content (AvgIpc) is 3.28. The van der Waals surface area contributed by atoms with Gasteiger partial charge in [-0.1, -0.05) is 24.3 Å². The molecule has 168 valence electrons. The van der Waals surface area contributed by atoms with E-state index < -0.39 is 0 Å². The summed E-state index contributed by atoms with van der Waals surface area (Å²) in [5, 5.41) is 9.44. The Labute approximate surface area is 192 Å². The van der Waals surface area contributed by atoms with Gasteiger partial charge in [0.15, 0.2) is 5.79 Å². The number of anilines is 1. The van der Waals surface area contributed by atoms with Gasteiger partial charge in [0, 0.05) is 66.8 Å². The summed E-state index contributed by atoms with van der Waals surface area (Å²) in [5.41, 5.74) is 11.9. The fourth-order valence-electron chi connectivity index (χ4n) is 5.09. The van der Waals surface area contributed by atoms with Gasteiger partial charge < -0.3 is 25.0 Å². The Kier molecular flexibility index (Phi) is 4.94. The van der Waals surface area contributed by atoms with Crippen molar-refractivity contribution >= 4 is 16.7 Å². The Hall–Kier alpha value is -3.19. The summed E-state index contributed by atoms with van der Waals surface area (Å²) in [4.78, 5) is 2.47. The summed E-state index contributed by atoms with van der Waals surface area (Å²) in [5.74, 6) is 0.363. The third kappa shape index (κ3) is 3.80. The van der Waals surface area contributed by atoms with Gasteiger partial charge >= 0.3 is 0 Å². The van der Waals surface area contributed by atoms with Crippen molar-refractivity contribution in [3.05, 3.63) is 71.6 Å². The number of nitrogens with two attached hydrogens (primary N) is 1. The second-order valence-corrected chi connectivity index (χ2v) is 9.02. The maximum absolute atomic E-state index is 8.00. The number of rotatable bonds is 3. The van der Waals surface area contributed by atoms with E-state index in [1.807, 2.05) is 24.3 Å². The lowest BCUT2D eigenvalue weighted by molar-refractivity contribution is -0.185. The highest BCUT2D eigenvalue weighted by molar-refractivity contribution is 6.02. The van der Waals surface area contributed by atoms with Gasteiger partial charge in [0.1, 0.15) is 11.3 Å². The molecule has 2 fully saturated rings. The van der Waals surface area contributed by atoms with Crippen LogP contribution in [0.3, 0.4) is 0 Å². The molecule has 6 heteroatoms. The van der Waals surface area contributed by atoms with Crippen LogP contribution in [0.1, 0.15) is 18.4 Å². The number of fused-ring (bicyclic) bond motifs is 2. The second kappa shape index (κ2) is 7.99. The van der Waals surface area contributed by atoms with E-state index in [9.17, 15) is 0 Å². The third-order valence-electron chi connectivity index (χ3n) is 6.83. The Balaban J connectivity index is 1.30. The molecule has 2 saturated heterocycles. The molecule has 3 heterocycles. The van der Waals surface area contributed by atoms with E-state index >= 15 is 0 Å². The van der Waals surface area contributed by atoms with E-state index in [1.165, 1.54) is 5.56 Å². The molecule has 0 atom stereocenters. The number of nitrogens with one attached hydrogen (secondary N) is 1. The zero-order valence-electron chi connectivity index (χ0n) is 18.5. The average molecular weight is 442 g/mol. The molecule has 6 nitrogen and oxygen atoms in total. The van der Waals surface area contributed by atoms with Crippen molar-refractivity contribution in [1.82, 2.24) is 4.90 Å². The fourth-order valence-corrected chi connectivity index (χ4v) is 5.09. The molecule has 0 unspecified atom stereocenters. The standard InChI is InChI=1S/C27H27N3O3/c28-20-5-7-22-24(15-20)33-25-16-21(29)6-8-23(25)26(22)19-3-1-18(2-4-19)17-30-11-9-27(10-12-30)31-13-14-32-27/h1-8,15-16,28H,9-14,17,29H2. The van der Waals surface area contributed by atoms with E-state index in [0.29, 0.717) is 30.0 Å². The first-order valence-corrected chi connectivity index (χ1v) is 11.5. The molecule has 0 saturated carbocycles. The Bertz CT molecular complexity index is 1330. The van der Waals surface area contributed by atoms with Crippen molar-refractivity contribution < 1.29 is 13.9 Å². The van der Waals surface area contributed by atoms with Crippen LogP contribution in [0.5, 0.6) is 0 Å². The summed E-state index contributed by atoms with van der Waals surface area (Å²) < 4.78 is 17.8. The zero-order chi connectivity index (χ0) is 22.4. The zero-order valence-corrected chi connectivity index (χ0v) is 18.5. The highest BCUT2D eigenvalue weighted by atomic mass is 16.7. The number of hydrogen-bond donors (Lipinski definition) is 2. The van der Waals surface area contributed by atoms with E-state index in [1.54, 1.807) is 12.1 Å². The van der Waals surface area contributed by atoms with Crippen molar-refractivity contribution in [2.75, 3.05) is 32.0 Å². The molecule has 0 amide bonds. The summed E-state index contributed by atoms with van der Waals surface area (Å²) in [6.45, 7) is 4.31. The molecule has 3 aliphatic heterocycles. The molecule has 1 aliphatic carbocycles. The highest BCUT2D eigenvalue weighted by Crippen LogP contribution is 2.40. The van der Waals surface area contributed by atoms with Crippen LogP contribution in [0.4, 0.5) is 5.69 Å². The minimum Gasteiger partial charge on any atom is -0.456 e. The summed E-state index contributed by atoms with van der Waals surface area (Å²) in [7, 11) is 0. The van der Waals surface area contributed by atoms with Crippen molar-refractivity contribution in [1.29, 1.82) is 5.41 Å². The molecular formula is C27H27N3O3. The van der Waals surface area contributed by atoms with Gasteiger partial charge in [-0.25, -0.2) is 0 Å². The highest BCUT2D eigenvalue weighted by Gasteiger charge is 2.39. The van der Waals surface area contributed by atoms with Crippen LogP contribution in [0.2, 0.25) is 0 Å². The lowest BCUT2D eigenvalue weighted by Crippen LogP contribution is -2.44. The van der Waals surface area contributed by atoms with Gasteiger partial charge in [-0.2, -0.15) is 0 Å². The van der Waals surface area contributed by atoms with Crippen LogP contribution in [-0.2, 0) is 16.0 Å². The molecule has 0 radical (unpaired) electrons. The van der Waals surface area contributed by atoms with Crippen molar-refractivity contribution in [2.45, 2.75) is 25.2 Å². The smallest absolute Gasteiger partial charge is 0.170 e. The first-order valence-electron chi connectivity index (χ1n) is 11.5. The minimum atomic E-state index is -0.330. The predicted octanol–water partition coefficient (Wildman–Crippen LogP) is 4.61. The van der Waals surface area contributed by atoms with Crippen molar-refractivity contribution in [3.63, 3.8) is 0 Å². The predicted molar refractivity (Wildman–Crippen MR) is 128 cm³/mol. The van der Waals surface area contributed by atoms with E-state index in [0.717, 1.165) is 60.1 Å². The monoisotopic (exact) mass is 441 g/mol. The molecule has 2 aromatic carbocycles. The van der Waals surface area contributed by atoms with Crippen LogP contribution in [0, 0.1) is 5.41 Å². The molecule has 6 rings (SSSR count). The normalized spacial score (nSPS) is 18.4. The minimum absolute atomic E-state index is 0.330. The molecule has 3 N–H and O–H groups in total. The van der Waals surface area contributed by atoms with Gasteiger partial charge in [-0.05, 0) is 35.4 Å². The van der Waals surface area contributed by atoms with Crippen molar-refractivity contribution in [2.24, 2.45) is 0 Å². The number of nitrogens with zero attached hydrogens (tertiary/aromatic N) is 1. The molecule has 4 aliphatic rings. The van der Waals surface area contributed by atoms with Gasteiger partial charge in [0.2, 0.25) is 0 Å². The Morgan fingerprint density at radius 2 is 1.67 bits per heavy atom. The molecular weight excluding hydrogens is 414 g/mol. The van der Waals surface area contributed by atoms with Crippen LogP contribution in [0.15, 0.2) is 65.1 Å². The summed E-state index contributed by atoms with van der Waals surface area (Å²) in [6.07, 6.45) is 1.86. The van der Waals surface area contributed by atoms with Gasteiger partial charge in [0.25, 0.3) is 0 Å². The van der Waals surface area contributed by atoms with Gasteiger partial charge in [-0.15, -0.1) is 0 Å². The van der Waals surface area contributed by atoms with E-state index in [4.69, 9.17) is 25.0 Å². The van der Waals surface area contributed by atoms with Crippen molar-refractivity contribution in [3.8, 4) is 22.5 Å². The van der Waals surface area contributed by atoms with Crippen LogP contribution >= 0.6 is 0 Å². The SMILES string of the molecule is N=c1ccc2c(-c3ccc(CN4CCC5(CC4)OCCO5)cc3)c3ccc(N)cc3oc-2c1. The molecule has 0 aromatic heterocycles. The Morgan fingerprint density at radius 3 is 2.42 bits per heavy atom. The number of ether oxygens (including phenoxy) is 2. The van der Waals surface area contributed by atoms with E-state index in [2.05, 4.69) is 29.2 Å². The molecule has 33 heavy (non-hydrogen) atoms. The maximum Gasteiger partial charge on any atom is 0.170 e. The van der Waals surface area contributed by atoms with E-state index in [-0.39, 0.29) is 5.79 Å². The van der Waals surface area contributed by atoms with Crippen LogP contribution in [0.25, 0.3) is 33.4 Å². The maximum atomic E-state index is 8.00. The first-order chi connectivity index (χ1) is 16.1. The topological polar surface area (TPSA) is 84.7 Å². The van der Waals surface area contributed by atoms with Crippen LogP contribution in [-0.4, -0.2) is 37.0 Å². The summed E-state index contributed by atoms with van der Waals surface area (Å²) in [6, 6.07) is 20.1. The number of hydrogen-bond acceptors (Lipinski definition) is 6. The van der Waals surface area contributed by atoms with Gasteiger partial charge in [0.05, 0.1) is 18.6 Å². The van der Waals surface area contributed by atoms with Gasteiger partial charge in [-0.3, -0.25) is 4.90 Å². The third-order valence-corrected chi connectivity index (χ3v) is 6.83. The van der Waals surface area contributed by atoms with Crippen LogP contribution < -0.4 is 11.1 Å². The largest absolute Gasteiger partial charge is 0.456 e. The summed E-state index contributed by atoms with van der Waals surface area (Å²) >= 11 is 0. The molecule has 1 spiro atoms. The lowest BCUT2D eigenvalue weighted by Gasteiger charge is -2.37. The second-order valence-electron chi connectivity index (χ2n) is 9.02. The number of nitrogen functional groups attached to an aromatic ring is 1. The Morgan fingerprint density at radius 1 is 0.909 bits per heavy atom. The number of benzene rings is 3. The number of likely N-dealkylation sites (tertiary alicyclic amines) is 1. The number of piperidine rings is 1. The fraction of sp³-hybridized carbons (Fsp3) is 0.296.